The summed E-state index contributed by atoms with van der Waals surface area (Å²) >= 11 is 0. The fourth-order valence-electron chi connectivity index (χ4n) is 10.9. The summed E-state index contributed by atoms with van der Waals surface area (Å²) in [7, 11) is 3.05. The van der Waals surface area contributed by atoms with Crippen LogP contribution >= 0.6 is 0 Å². The quantitative estimate of drug-likeness (QED) is 0.138. The lowest BCUT2D eigenvalue weighted by Gasteiger charge is -2.50. The van der Waals surface area contributed by atoms with E-state index in [2.05, 4.69) is 13.0 Å². The number of Topliss-reactive ketones (excluding diaryl/α,β-unsaturated/α-hetero) is 1. The Morgan fingerprint density at radius 2 is 1.60 bits per heavy atom. The number of piperidine rings is 1. The molecule has 1 saturated carbocycles. The Kier molecular flexibility index (Phi) is 18.2. The zero-order chi connectivity index (χ0) is 45.5. The predicted octanol–water partition coefficient (Wildman–Crippen LogP) is 5.36. The summed E-state index contributed by atoms with van der Waals surface area (Å²) in [6.07, 6.45) is 12.2. The Morgan fingerprint density at radius 3 is 2.31 bits per heavy atom. The van der Waals surface area contributed by atoms with Crippen LogP contribution in [0.15, 0.2) is 47.6 Å². The molecule has 350 valence electrons. The number of methoxy groups -OCH3 is 2. The number of nitrogens with zero attached hydrogens (tertiary/aromatic N) is 1. The first-order valence-corrected chi connectivity index (χ1v) is 23.3. The summed E-state index contributed by atoms with van der Waals surface area (Å²) < 4.78 is 23.7. The smallest absolute Gasteiger partial charge is 0.329 e. The molecule has 6 bridgehead atoms. The molecule has 3 saturated heterocycles. The normalized spacial score (nSPS) is 45.3. The Labute approximate surface area is 369 Å². The number of fused-ring (bicyclic) bond motifs is 16. The van der Waals surface area contributed by atoms with Crippen LogP contribution < -0.4 is 0 Å². The van der Waals surface area contributed by atoms with E-state index in [-0.39, 0.29) is 42.7 Å². The van der Waals surface area contributed by atoms with Gasteiger partial charge in [0.25, 0.3) is 11.7 Å². The van der Waals surface area contributed by atoms with Gasteiger partial charge in [0.15, 0.2) is 0 Å². The fourth-order valence-corrected chi connectivity index (χ4v) is 10.9. The van der Waals surface area contributed by atoms with Gasteiger partial charge in [0.05, 0.1) is 30.5 Å². The molecule has 62 heavy (non-hydrogen) atoms. The van der Waals surface area contributed by atoms with Gasteiger partial charge in [0.2, 0.25) is 5.79 Å². The summed E-state index contributed by atoms with van der Waals surface area (Å²) in [4.78, 5) is 44.1. The van der Waals surface area contributed by atoms with E-state index >= 15 is 0 Å². The first kappa shape index (κ1) is 50.3. The van der Waals surface area contributed by atoms with Gasteiger partial charge in [-0.25, -0.2) is 4.79 Å². The van der Waals surface area contributed by atoms with Gasteiger partial charge in [-0.3, -0.25) is 9.59 Å². The number of hydrogen-bond donors (Lipinski definition) is 5. The summed E-state index contributed by atoms with van der Waals surface area (Å²) in [5.41, 5.74) is 1.61. The SMILES string of the molecule is CO[C@H]1[C@@H](O)[C@H](C)C[C@H](C)/C=C/C=C/C=C(\C)CC[C@@H]2CC[C@@H](C)[C@@](O)(O2)C(=O)C(=O)N2CCC[C@@H]3C(C[C@@H]4CC[C@@H](O)[C@H](OC)C4)[C@H](C[C@H](O)[C@H](C)/C=C(\C)[C@H]1O)OC(=O)[C@H]32. The Hall–Kier alpha value is -2.75. The first-order chi connectivity index (χ1) is 29.4. The minimum Gasteiger partial charge on any atom is -0.460 e. The third kappa shape index (κ3) is 11.9. The number of ether oxygens (including phenoxy) is 4. The van der Waals surface area contributed by atoms with Crippen molar-refractivity contribution in [3.8, 4) is 0 Å². The number of ketones is 1. The third-order valence-electron chi connectivity index (χ3n) is 14.9. The maximum absolute atomic E-state index is 14.4. The number of aliphatic hydroxyl groups excluding tert-OH is 4. The number of aliphatic hydroxyl groups is 5. The van der Waals surface area contributed by atoms with E-state index in [0.717, 1.165) is 12.0 Å². The molecule has 6 rings (SSSR count). The van der Waals surface area contributed by atoms with Crippen LogP contribution in [0, 0.1) is 41.4 Å². The molecule has 5 heterocycles. The molecule has 5 N–H and O–H groups in total. The van der Waals surface area contributed by atoms with Crippen molar-refractivity contribution < 1.29 is 58.9 Å². The number of hydrogen-bond acceptors (Lipinski definition) is 12. The van der Waals surface area contributed by atoms with Crippen molar-refractivity contribution in [1.29, 1.82) is 0 Å². The highest BCUT2D eigenvalue weighted by atomic mass is 16.6. The van der Waals surface area contributed by atoms with Crippen LogP contribution in [0.1, 0.15) is 119 Å². The molecule has 1 aliphatic carbocycles. The van der Waals surface area contributed by atoms with Crippen LogP contribution in [0.5, 0.6) is 0 Å². The van der Waals surface area contributed by atoms with Crippen LogP contribution in [0.25, 0.3) is 0 Å². The average molecular weight is 872 g/mol. The van der Waals surface area contributed by atoms with Gasteiger partial charge in [-0.2, -0.15) is 0 Å². The van der Waals surface area contributed by atoms with Gasteiger partial charge in [0, 0.05) is 44.9 Å². The van der Waals surface area contributed by atoms with Gasteiger partial charge in [0.1, 0.15) is 24.4 Å². The van der Waals surface area contributed by atoms with E-state index in [4.69, 9.17) is 18.9 Å². The molecule has 13 heteroatoms. The molecule has 0 radical (unpaired) electrons. The minimum atomic E-state index is -2.34. The highest BCUT2D eigenvalue weighted by molar-refractivity contribution is 6.39. The molecule has 0 spiro atoms. The average Bonchev–Trinajstić information content (AvgIpc) is 3.24. The van der Waals surface area contributed by atoms with Crippen LogP contribution in [0.2, 0.25) is 0 Å². The molecule has 1 unspecified atom stereocenters. The predicted molar refractivity (Wildman–Crippen MR) is 234 cm³/mol. The van der Waals surface area contributed by atoms with Crippen molar-refractivity contribution in [3.05, 3.63) is 47.6 Å². The van der Waals surface area contributed by atoms with Crippen LogP contribution in [0.3, 0.4) is 0 Å². The van der Waals surface area contributed by atoms with E-state index in [1.54, 1.807) is 27.0 Å². The maximum Gasteiger partial charge on any atom is 0.329 e. The van der Waals surface area contributed by atoms with Crippen molar-refractivity contribution in [3.63, 3.8) is 0 Å². The highest BCUT2D eigenvalue weighted by Crippen LogP contribution is 2.45. The van der Waals surface area contributed by atoms with Gasteiger partial charge < -0.3 is 49.4 Å². The Balaban J connectivity index is 1.48. The van der Waals surface area contributed by atoms with Gasteiger partial charge in [-0.05, 0) is 114 Å². The van der Waals surface area contributed by atoms with E-state index in [0.29, 0.717) is 69.8 Å². The largest absolute Gasteiger partial charge is 0.460 e. The van der Waals surface area contributed by atoms with Crippen molar-refractivity contribution in [2.75, 3.05) is 20.8 Å². The summed E-state index contributed by atoms with van der Waals surface area (Å²) in [5.74, 6) is -6.83. The second-order valence-corrected chi connectivity index (χ2v) is 19.6. The second kappa shape index (κ2) is 22.4. The summed E-state index contributed by atoms with van der Waals surface area (Å²) in [6, 6.07) is -1.06. The Morgan fingerprint density at radius 1 is 0.855 bits per heavy atom. The molecule has 1 amide bonds. The van der Waals surface area contributed by atoms with E-state index in [9.17, 15) is 39.9 Å². The molecule has 17 atom stereocenters. The molecule has 4 fully saturated rings. The zero-order valence-corrected chi connectivity index (χ0v) is 38.4. The van der Waals surface area contributed by atoms with Gasteiger partial charge in [-0.15, -0.1) is 0 Å². The van der Waals surface area contributed by atoms with Gasteiger partial charge >= 0.3 is 5.97 Å². The van der Waals surface area contributed by atoms with Crippen LogP contribution in [-0.2, 0) is 33.3 Å². The standard InChI is InChI=1S/C49H77NO12/c1-28-13-10-9-11-14-29(2)23-31(4)43(53)45(60-8)44(54)32(5)24-30(3)39(52)27-40-37(25-34-18-21-38(51)41(26-34)59-7)36-15-12-22-50(42(36)48(57)61-40)47(56)46(55)49(58)33(6)17-20-35(62-49)19-16-28/h9-11,13-14,24,29-31,33-45,51-54,58H,12,15-23,25-27H2,1-8H3/b10-9+,14-11+,28-13+,32-24+/t29-,30-,31-,33-,34+,35-,36-,37?,38-,39+,40+,41-,42+,43+,44-,45+,49-/m1/s1. The van der Waals surface area contributed by atoms with Gasteiger partial charge in [-0.1, -0.05) is 69.7 Å². The topological polar surface area (TPSA) is 193 Å². The van der Waals surface area contributed by atoms with Crippen molar-refractivity contribution in [2.24, 2.45) is 41.4 Å². The molecular weight excluding hydrogens is 795 g/mol. The highest BCUT2D eigenvalue weighted by Gasteiger charge is 2.56. The second-order valence-electron chi connectivity index (χ2n) is 19.6. The molecule has 0 aromatic carbocycles. The summed E-state index contributed by atoms with van der Waals surface area (Å²) in [5, 5.41) is 57.2. The number of esters is 1. The van der Waals surface area contributed by atoms with E-state index in [1.165, 1.54) is 12.0 Å². The first-order valence-electron chi connectivity index (χ1n) is 23.3. The third-order valence-corrected chi connectivity index (χ3v) is 14.9. The molecule has 0 aromatic heterocycles. The molecule has 13 nitrogen and oxygen atoms in total. The number of amides is 1. The number of carbonyl (C=O) groups excluding carboxylic acids is 3. The Bertz CT molecular complexity index is 1640. The molecule has 0 aromatic rings. The van der Waals surface area contributed by atoms with Crippen LogP contribution in [0.4, 0.5) is 0 Å². The molecular formula is C49H77NO12. The number of carbonyl (C=O) groups is 3. The van der Waals surface area contributed by atoms with Crippen LogP contribution in [-0.4, -0.2) is 130 Å². The van der Waals surface area contributed by atoms with Crippen molar-refractivity contribution in [1.82, 2.24) is 4.90 Å². The fraction of sp³-hybridized carbons (Fsp3) is 0.776. The summed E-state index contributed by atoms with van der Waals surface area (Å²) in [6.45, 7) is 11.4. The number of rotatable bonds is 4. The minimum absolute atomic E-state index is 0.0890. The lowest BCUT2D eigenvalue weighted by molar-refractivity contribution is -0.263. The van der Waals surface area contributed by atoms with E-state index < -0.39 is 90.0 Å². The van der Waals surface area contributed by atoms with E-state index in [1.807, 2.05) is 45.1 Å². The zero-order valence-electron chi connectivity index (χ0n) is 38.4. The lowest BCUT2D eigenvalue weighted by atomic mass is 9.67. The maximum atomic E-state index is 14.4. The molecule has 6 aliphatic rings. The van der Waals surface area contributed by atoms with Crippen molar-refractivity contribution in [2.45, 2.75) is 179 Å². The number of allylic oxidation sites excluding steroid dienone is 6. The molecule has 5 aliphatic heterocycles. The van der Waals surface area contributed by atoms with Crippen molar-refractivity contribution >= 4 is 17.7 Å². The lowest BCUT2D eigenvalue weighted by Crippen LogP contribution is -2.65. The monoisotopic (exact) mass is 872 g/mol.